The summed E-state index contributed by atoms with van der Waals surface area (Å²) < 4.78 is 10.4. The van der Waals surface area contributed by atoms with E-state index in [0.29, 0.717) is 26.2 Å². The molecular formula is C10H19NO3. The fourth-order valence-electron chi connectivity index (χ4n) is 0.817. The highest BCUT2D eigenvalue weighted by Gasteiger charge is 1.97. The van der Waals surface area contributed by atoms with E-state index in [2.05, 4.69) is 18.8 Å². The molecule has 0 radical (unpaired) electrons. The zero-order chi connectivity index (χ0) is 10.6. The first kappa shape index (κ1) is 13.1. The Morgan fingerprint density at radius 3 is 2.50 bits per heavy atom. The summed E-state index contributed by atoms with van der Waals surface area (Å²) >= 11 is 0. The van der Waals surface area contributed by atoms with Crippen molar-refractivity contribution in [1.29, 1.82) is 0 Å². The Bertz CT molecular complexity index is 159. The summed E-state index contributed by atoms with van der Waals surface area (Å²) in [5.74, 6) is -0.0746. The van der Waals surface area contributed by atoms with Crippen LogP contribution in [0.3, 0.4) is 0 Å². The van der Waals surface area contributed by atoms with Gasteiger partial charge in [-0.1, -0.05) is 13.5 Å². The van der Waals surface area contributed by atoms with E-state index in [1.165, 1.54) is 6.20 Å². The second-order valence-corrected chi connectivity index (χ2v) is 2.75. The molecule has 1 amide bonds. The Balaban J connectivity index is 3.05. The van der Waals surface area contributed by atoms with Gasteiger partial charge in [-0.05, 0) is 12.6 Å². The quantitative estimate of drug-likeness (QED) is 0.568. The van der Waals surface area contributed by atoms with Gasteiger partial charge in [-0.2, -0.15) is 0 Å². The van der Waals surface area contributed by atoms with Gasteiger partial charge < -0.3 is 14.8 Å². The van der Waals surface area contributed by atoms with Gasteiger partial charge in [0.15, 0.2) is 0 Å². The predicted molar refractivity (Wildman–Crippen MR) is 54.9 cm³/mol. The number of carbonyl (C=O) groups excluding carboxylic acids is 1. The van der Waals surface area contributed by atoms with Crippen molar-refractivity contribution in [2.45, 2.75) is 19.8 Å². The number of amides is 1. The maximum absolute atomic E-state index is 10.9. The van der Waals surface area contributed by atoms with Crippen molar-refractivity contribution in [3.63, 3.8) is 0 Å². The van der Waals surface area contributed by atoms with Crippen molar-refractivity contribution < 1.29 is 14.3 Å². The first-order valence-electron chi connectivity index (χ1n) is 4.87. The minimum Gasteiger partial charge on any atom is -0.379 e. The summed E-state index contributed by atoms with van der Waals surface area (Å²) in [6, 6.07) is 0. The highest BCUT2D eigenvalue weighted by molar-refractivity contribution is 5.76. The van der Waals surface area contributed by atoms with Crippen LogP contribution in [0.25, 0.3) is 0 Å². The van der Waals surface area contributed by atoms with Crippen molar-refractivity contribution in [3.05, 3.63) is 12.8 Å². The van der Waals surface area contributed by atoms with Crippen LogP contribution in [0.5, 0.6) is 0 Å². The van der Waals surface area contributed by atoms with Crippen LogP contribution in [-0.4, -0.2) is 32.3 Å². The van der Waals surface area contributed by atoms with E-state index in [1.54, 1.807) is 0 Å². The third-order valence-corrected chi connectivity index (χ3v) is 1.46. The highest BCUT2D eigenvalue weighted by Crippen LogP contribution is 1.85. The molecule has 0 saturated carbocycles. The van der Waals surface area contributed by atoms with Crippen molar-refractivity contribution >= 4 is 5.91 Å². The molecule has 0 aliphatic carbocycles. The summed E-state index contributed by atoms with van der Waals surface area (Å²) in [7, 11) is 0. The number of hydrogen-bond donors (Lipinski definition) is 1. The molecule has 0 aromatic rings. The Hall–Kier alpha value is -0.870. The van der Waals surface area contributed by atoms with Crippen LogP contribution in [0, 0.1) is 0 Å². The number of ether oxygens (including phenoxy) is 2. The minimum absolute atomic E-state index is 0.0746. The van der Waals surface area contributed by atoms with E-state index in [1.807, 2.05) is 0 Å². The molecule has 0 fully saturated rings. The van der Waals surface area contributed by atoms with E-state index < -0.39 is 0 Å². The molecular weight excluding hydrogens is 182 g/mol. The van der Waals surface area contributed by atoms with Crippen LogP contribution in [0.2, 0.25) is 0 Å². The van der Waals surface area contributed by atoms with E-state index in [-0.39, 0.29) is 5.91 Å². The number of hydrogen-bond acceptors (Lipinski definition) is 3. The fraction of sp³-hybridized carbons (Fsp3) is 0.700. The standard InChI is InChI=1S/C10H19NO3/c1-3-6-13-8-9-14-7-5-10(12)11-4-2/h4H,2-3,5-9H2,1H3,(H,11,12). The molecule has 0 heterocycles. The smallest absolute Gasteiger partial charge is 0.226 e. The zero-order valence-corrected chi connectivity index (χ0v) is 8.75. The summed E-state index contributed by atoms with van der Waals surface area (Å²) in [5, 5.41) is 2.47. The van der Waals surface area contributed by atoms with Gasteiger partial charge in [0, 0.05) is 6.61 Å². The number of nitrogens with one attached hydrogen (secondary N) is 1. The summed E-state index contributed by atoms with van der Waals surface area (Å²) in [4.78, 5) is 10.9. The van der Waals surface area contributed by atoms with Gasteiger partial charge in [-0.15, -0.1) is 0 Å². The molecule has 0 spiro atoms. The Labute approximate surface area is 85.3 Å². The second kappa shape index (κ2) is 10.2. The molecule has 0 saturated heterocycles. The second-order valence-electron chi connectivity index (χ2n) is 2.75. The topological polar surface area (TPSA) is 47.6 Å². The fourth-order valence-corrected chi connectivity index (χ4v) is 0.817. The number of carbonyl (C=O) groups is 1. The maximum atomic E-state index is 10.9. The molecule has 82 valence electrons. The predicted octanol–water partition coefficient (Wildman–Crippen LogP) is 1.08. The largest absolute Gasteiger partial charge is 0.379 e. The van der Waals surface area contributed by atoms with Crippen LogP contribution in [0.15, 0.2) is 12.8 Å². The minimum atomic E-state index is -0.0746. The number of rotatable bonds is 9. The van der Waals surface area contributed by atoms with E-state index in [9.17, 15) is 4.79 Å². The molecule has 0 unspecified atom stereocenters. The van der Waals surface area contributed by atoms with E-state index >= 15 is 0 Å². The van der Waals surface area contributed by atoms with Crippen LogP contribution < -0.4 is 5.32 Å². The van der Waals surface area contributed by atoms with Crippen molar-refractivity contribution in [2.24, 2.45) is 0 Å². The van der Waals surface area contributed by atoms with Gasteiger partial charge >= 0.3 is 0 Å². The summed E-state index contributed by atoms with van der Waals surface area (Å²) in [5.41, 5.74) is 0. The first-order chi connectivity index (χ1) is 6.81. The lowest BCUT2D eigenvalue weighted by Crippen LogP contribution is -2.18. The van der Waals surface area contributed by atoms with Crippen LogP contribution >= 0.6 is 0 Å². The van der Waals surface area contributed by atoms with Gasteiger partial charge in [0.25, 0.3) is 0 Å². The lowest BCUT2D eigenvalue weighted by atomic mass is 10.4. The third-order valence-electron chi connectivity index (χ3n) is 1.46. The summed E-state index contributed by atoms with van der Waals surface area (Å²) in [6.07, 6.45) is 2.74. The van der Waals surface area contributed by atoms with Crippen molar-refractivity contribution in [1.82, 2.24) is 5.32 Å². The molecule has 4 heteroatoms. The molecule has 0 bridgehead atoms. The molecule has 14 heavy (non-hydrogen) atoms. The normalized spacial score (nSPS) is 9.79. The van der Waals surface area contributed by atoms with Crippen molar-refractivity contribution in [3.8, 4) is 0 Å². The molecule has 0 atom stereocenters. The molecule has 1 N–H and O–H groups in total. The monoisotopic (exact) mass is 201 g/mol. The Morgan fingerprint density at radius 2 is 1.93 bits per heavy atom. The van der Waals surface area contributed by atoms with Gasteiger partial charge in [-0.3, -0.25) is 4.79 Å². The average molecular weight is 201 g/mol. The van der Waals surface area contributed by atoms with Crippen LogP contribution in [-0.2, 0) is 14.3 Å². The first-order valence-corrected chi connectivity index (χ1v) is 4.87. The van der Waals surface area contributed by atoms with Crippen LogP contribution in [0.4, 0.5) is 0 Å². The molecule has 4 nitrogen and oxygen atoms in total. The van der Waals surface area contributed by atoms with E-state index in [4.69, 9.17) is 9.47 Å². The Morgan fingerprint density at radius 1 is 1.29 bits per heavy atom. The van der Waals surface area contributed by atoms with Gasteiger partial charge in [-0.25, -0.2) is 0 Å². The zero-order valence-electron chi connectivity index (χ0n) is 8.75. The van der Waals surface area contributed by atoms with Crippen molar-refractivity contribution in [2.75, 3.05) is 26.4 Å². The lowest BCUT2D eigenvalue weighted by molar-refractivity contribution is -0.121. The van der Waals surface area contributed by atoms with Gasteiger partial charge in [0.2, 0.25) is 5.91 Å². The molecule has 0 rings (SSSR count). The Kier molecular flexibility index (Phi) is 9.58. The molecule has 0 aromatic heterocycles. The van der Waals surface area contributed by atoms with Crippen LogP contribution in [0.1, 0.15) is 19.8 Å². The SMILES string of the molecule is C=CNC(=O)CCOCCOCCC. The van der Waals surface area contributed by atoms with E-state index in [0.717, 1.165) is 13.0 Å². The van der Waals surface area contributed by atoms with Gasteiger partial charge in [0.05, 0.1) is 26.2 Å². The maximum Gasteiger partial charge on any atom is 0.226 e. The summed E-state index contributed by atoms with van der Waals surface area (Å²) in [6.45, 7) is 7.77. The third kappa shape index (κ3) is 9.22. The highest BCUT2D eigenvalue weighted by atomic mass is 16.5. The van der Waals surface area contributed by atoms with Gasteiger partial charge in [0.1, 0.15) is 0 Å². The lowest BCUT2D eigenvalue weighted by Gasteiger charge is -2.04. The molecule has 0 aromatic carbocycles. The molecule has 0 aliphatic heterocycles. The molecule has 0 aliphatic rings. The average Bonchev–Trinajstić information content (AvgIpc) is 2.17.